The molecule has 1 nitrogen and oxygen atoms in total. The maximum Gasteiger partial charge on any atom is 0.136 e. The van der Waals surface area contributed by atoms with Crippen LogP contribution < -0.4 is 4.74 Å². The van der Waals surface area contributed by atoms with Gasteiger partial charge in [0.05, 0.1) is 10.6 Å². The van der Waals surface area contributed by atoms with Crippen LogP contribution in [-0.4, -0.2) is 6.10 Å². The van der Waals surface area contributed by atoms with Crippen molar-refractivity contribution in [1.82, 2.24) is 0 Å². The van der Waals surface area contributed by atoms with E-state index >= 15 is 0 Å². The van der Waals surface area contributed by atoms with Crippen LogP contribution in [0.3, 0.4) is 0 Å². The lowest BCUT2D eigenvalue weighted by molar-refractivity contribution is 0.208. The van der Waals surface area contributed by atoms with Gasteiger partial charge in [0.1, 0.15) is 11.6 Å². The smallest absolute Gasteiger partial charge is 0.136 e. The van der Waals surface area contributed by atoms with Gasteiger partial charge in [-0.25, -0.2) is 4.39 Å². The van der Waals surface area contributed by atoms with Crippen LogP contribution in [0.1, 0.15) is 26.7 Å². The third kappa shape index (κ3) is 3.29. The zero-order valence-corrected chi connectivity index (χ0v) is 9.97. The molecular weight excluding hydrogens is 247 g/mol. The molecule has 0 saturated heterocycles. The Morgan fingerprint density at radius 1 is 1.50 bits per heavy atom. The first-order valence-electron chi connectivity index (χ1n) is 4.75. The van der Waals surface area contributed by atoms with E-state index < -0.39 is 0 Å². The van der Waals surface area contributed by atoms with E-state index in [-0.39, 0.29) is 11.9 Å². The van der Waals surface area contributed by atoms with Crippen LogP contribution in [0.25, 0.3) is 0 Å². The Morgan fingerprint density at radius 2 is 2.21 bits per heavy atom. The number of halogens is 2. The van der Waals surface area contributed by atoms with E-state index in [4.69, 9.17) is 4.74 Å². The molecule has 1 atom stereocenters. The lowest BCUT2D eigenvalue weighted by Gasteiger charge is -2.14. The molecule has 0 aliphatic carbocycles. The molecule has 0 aliphatic heterocycles. The maximum atomic E-state index is 12.9. The van der Waals surface area contributed by atoms with E-state index in [1.54, 1.807) is 6.07 Å². The van der Waals surface area contributed by atoms with Crippen molar-refractivity contribution in [2.75, 3.05) is 0 Å². The predicted molar refractivity (Wildman–Crippen MR) is 59.1 cm³/mol. The predicted octanol–water partition coefficient (Wildman–Crippen LogP) is 4.16. The molecule has 3 heteroatoms. The third-order valence-electron chi connectivity index (χ3n) is 1.92. The van der Waals surface area contributed by atoms with E-state index in [0.717, 1.165) is 17.3 Å². The summed E-state index contributed by atoms with van der Waals surface area (Å²) < 4.78 is 19.3. The molecule has 0 radical (unpaired) electrons. The Balaban J connectivity index is 2.70. The molecule has 1 unspecified atom stereocenters. The standard InChI is InChI=1S/C11H14BrFO/c1-3-4-8(2)14-11-7-9(13)5-6-10(11)12/h5-8H,3-4H2,1-2H3. The minimum absolute atomic E-state index is 0.123. The normalized spacial score (nSPS) is 12.6. The van der Waals surface area contributed by atoms with Crippen LogP contribution in [-0.2, 0) is 0 Å². The molecule has 0 spiro atoms. The zero-order chi connectivity index (χ0) is 10.6. The van der Waals surface area contributed by atoms with Crippen LogP contribution >= 0.6 is 15.9 Å². The Kier molecular flexibility index (Phi) is 4.39. The molecule has 1 aromatic carbocycles. The van der Waals surface area contributed by atoms with Crippen molar-refractivity contribution in [2.24, 2.45) is 0 Å². The largest absolute Gasteiger partial charge is 0.489 e. The fourth-order valence-electron chi connectivity index (χ4n) is 1.25. The molecule has 0 aromatic heterocycles. The monoisotopic (exact) mass is 260 g/mol. The van der Waals surface area contributed by atoms with Gasteiger partial charge >= 0.3 is 0 Å². The highest BCUT2D eigenvalue weighted by Gasteiger charge is 2.07. The van der Waals surface area contributed by atoms with E-state index in [1.807, 2.05) is 6.92 Å². The van der Waals surface area contributed by atoms with Gasteiger partial charge in [0.2, 0.25) is 0 Å². The van der Waals surface area contributed by atoms with Crippen molar-refractivity contribution < 1.29 is 9.13 Å². The molecule has 14 heavy (non-hydrogen) atoms. The molecular formula is C11H14BrFO. The molecule has 78 valence electrons. The van der Waals surface area contributed by atoms with Gasteiger partial charge in [0.15, 0.2) is 0 Å². The maximum absolute atomic E-state index is 12.9. The molecule has 0 amide bonds. The van der Waals surface area contributed by atoms with Crippen LogP contribution in [0.2, 0.25) is 0 Å². The first-order valence-corrected chi connectivity index (χ1v) is 5.54. The van der Waals surface area contributed by atoms with Gasteiger partial charge in [-0.15, -0.1) is 0 Å². The number of ether oxygens (including phenoxy) is 1. The van der Waals surface area contributed by atoms with Crippen molar-refractivity contribution in [3.8, 4) is 5.75 Å². The highest BCUT2D eigenvalue weighted by Crippen LogP contribution is 2.26. The first kappa shape index (κ1) is 11.5. The summed E-state index contributed by atoms with van der Waals surface area (Å²) in [6.45, 7) is 4.08. The molecule has 0 fully saturated rings. The van der Waals surface area contributed by atoms with Gasteiger partial charge in [0.25, 0.3) is 0 Å². The highest BCUT2D eigenvalue weighted by atomic mass is 79.9. The van der Waals surface area contributed by atoms with Crippen LogP contribution in [0, 0.1) is 5.82 Å². The topological polar surface area (TPSA) is 9.23 Å². The van der Waals surface area contributed by atoms with E-state index in [2.05, 4.69) is 22.9 Å². The van der Waals surface area contributed by atoms with Gasteiger partial charge in [-0.3, -0.25) is 0 Å². The summed E-state index contributed by atoms with van der Waals surface area (Å²) in [5.74, 6) is 0.304. The summed E-state index contributed by atoms with van der Waals surface area (Å²) >= 11 is 3.32. The summed E-state index contributed by atoms with van der Waals surface area (Å²) in [5.41, 5.74) is 0. The average Bonchev–Trinajstić information content (AvgIpc) is 2.12. The van der Waals surface area contributed by atoms with E-state index in [1.165, 1.54) is 12.1 Å². The van der Waals surface area contributed by atoms with Gasteiger partial charge < -0.3 is 4.74 Å². The van der Waals surface area contributed by atoms with Gasteiger partial charge in [-0.05, 0) is 41.4 Å². The number of hydrogen-bond donors (Lipinski definition) is 0. The Labute approximate surface area is 92.4 Å². The molecule has 0 aliphatic rings. The van der Waals surface area contributed by atoms with Crippen LogP contribution in [0.4, 0.5) is 4.39 Å². The molecule has 1 aromatic rings. The highest BCUT2D eigenvalue weighted by molar-refractivity contribution is 9.10. The Hall–Kier alpha value is -0.570. The molecule has 0 heterocycles. The third-order valence-corrected chi connectivity index (χ3v) is 2.57. The van der Waals surface area contributed by atoms with E-state index in [0.29, 0.717) is 5.75 Å². The van der Waals surface area contributed by atoms with Crippen LogP contribution in [0.5, 0.6) is 5.75 Å². The molecule has 0 bridgehead atoms. The van der Waals surface area contributed by atoms with E-state index in [9.17, 15) is 4.39 Å². The summed E-state index contributed by atoms with van der Waals surface area (Å²) in [5, 5.41) is 0. The van der Waals surface area contributed by atoms with Crippen molar-refractivity contribution in [1.29, 1.82) is 0 Å². The summed E-state index contributed by atoms with van der Waals surface area (Å²) in [6, 6.07) is 4.46. The zero-order valence-electron chi connectivity index (χ0n) is 8.39. The van der Waals surface area contributed by atoms with Crippen molar-refractivity contribution in [3.05, 3.63) is 28.5 Å². The lowest BCUT2D eigenvalue weighted by Crippen LogP contribution is -2.11. The van der Waals surface area contributed by atoms with Crippen molar-refractivity contribution >= 4 is 15.9 Å². The Bertz CT molecular complexity index is 301. The number of benzene rings is 1. The number of rotatable bonds is 4. The average molecular weight is 261 g/mol. The van der Waals surface area contributed by atoms with Gasteiger partial charge in [-0.2, -0.15) is 0 Å². The molecule has 1 rings (SSSR count). The second-order valence-corrected chi connectivity index (χ2v) is 4.15. The second-order valence-electron chi connectivity index (χ2n) is 3.29. The minimum Gasteiger partial charge on any atom is -0.489 e. The van der Waals surface area contributed by atoms with Crippen molar-refractivity contribution in [2.45, 2.75) is 32.8 Å². The fourth-order valence-corrected chi connectivity index (χ4v) is 1.59. The number of hydrogen-bond acceptors (Lipinski definition) is 1. The summed E-state index contributed by atoms with van der Waals surface area (Å²) in [6.07, 6.45) is 2.16. The summed E-state index contributed by atoms with van der Waals surface area (Å²) in [7, 11) is 0. The van der Waals surface area contributed by atoms with Crippen molar-refractivity contribution in [3.63, 3.8) is 0 Å². The second kappa shape index (κ2) is 5.35. The van der Waals surface area contributed by atoms with Gasteiger partial charge in [-0.1, -0.05) is 13.3 Å². The van der Waals surface area contributed by atoms with Gasteiger partial charge in [0, 0.05) is 6.07 Å². The molecule has 0 saturated carbocycles. The van der Waals surface area contributed by atoms with Crippen LogP contribution in [0.15, 0.2) is 22.7 Å². The quantitative estimate of drug-likeness (QED) is 0.790. The summed E-state index contributed by atoms with van der Waals surface area (Å²) in [4.78, 5) is 0. The SMILES string of the molecule is CCCC(C)Oc1cc(F)ccc1Br. The molecule has 0 N–H and O–H groups in total. The minimum atomic E-state index is -0.271. The first-order chi connectivity index (χ1) is 6.63. The fraction of sp³-hybridized carbons (Fsp3) is 0.455. The lowest BCUT2D eigenvalue weighted by atomic mass is 10.2. The Morgan fingerprint density at radius 3 is 2.86 bits per heavy atom.